The number of carboxylic acid groups (broad SMARTS) is 1. The second kappa shape index (κ2) is 16.4. The van der Waals surface area contributed by atoms with Crippen LogP contribution in [0.4, 0.5) is 5.69 Å². The normalized spacial score (nSPS) is 15.2. The molecule has 0 saturated carbocycles. The molecule has 10 heteroatoms. The van der Waals surface area contributed by atoms with Crippen LogP contribution in [-0.4, -0.2) is 61.9 Å². The van der Waals surface area contributed by atoms with Crippen LogP contribution in [-0.2, 0) is 33.4 Å². The van der Waals surface area contributed by atoms with Gasteiger partial charge >= 0.3 is 11.9 Å². The molecule has 182 valence electrons. The largest absolute Gasteiger partial charge is 0.478 e. The summed E-state index contributed by atoms with van der Waals surface area (Å²) in [5.74, 6) is -2.74. The Labute approximate surface area is 193 Å². The average Bonchev–Trinajstić information content (AvgIpc) is 3.09. The number of hydrogen-bond donors (Lipinski definition) is 2. The highest BCUT2D eigenvalue weighted by molar-refractivity contribution is 6.14. The maximum atomic E-state index is 12.1. The van der Waals surface area contributed by atoms with E-state index in [9.17, 15) is 19.2 Å². The van der Waals surface area contributed by atoms with E-state index in [-0.39, 0.29) is 25.0 Å². The van der Waals surface area contributed by atoms with Crippen molar-refractivity contribution < 1.29 is 38.5 Å². The first kappa shape index (κ1) is 27.8. The number of ether oxygens (including phenoxy) is 3. The maximum absolute atomic E-state index is 12.1. The van der Waals surface area contributed by atoms with Gasteiger partial charge in [0.1, 0.15) is 12.5 Å². The number of carbonyl (C=O) groups excluding carboxylic acids is 3. The second-order valence-electron chi connectivity index (χ2n) is 6.83. The molecule has 0 aromatic heterocycles. The smallest absolute Gasteiger partial charge is 0.331 e. The van der Waals surface area contributed by atoms with Gasteiger partial charge in [0.15, 0.2) is 0 Å². The fourth-order valence-corrected chi connectivity index (χ4v) is 2.70. The number of anilines is 1. The van der Waals surface area contributed by atoms with Gasteiger partial charge in [-0.3, -0.25) is 15.0 Å². The second-order valence-corrected chi connectivity index (χ2v) is 6.83. The van der Waals surface area contributed by atoms with Crippen molar-refractivity contribution in [1.29, 1.82) is 0 Å². The van der Waals surface area contributed by atoms with Crippen LogP contribution in [0.1, 0.15) is 33.1 Å². The Morgan fingerprint density at radius 1 is 1.03 bits per heavy atom. The molecule has 10 nitrogen and oxygen atoms in total. The van der Waals surface area contributed by atoms with Crippen molar-refractivity contribution in [2.75, 3.05) is 38.0 Å². The Morgan fingerprint density at radius 3 is 2.33 bits per heavy atom. The molecule has 0 spiro atoms. The molecule has 1 aromatic carbocycles. The number of esters is 1. The molecule has 0 aliphatic carbocycles. The van der Waals surface area contributed by atoms with Gasteiger partial charge in [-0.1, -0.05) is 38.0 Å². The molecule has 2 amide bonds. The molecule has 1 aliphatic heterocycles. The first-order valence-electron chi connectivity index (χ1n) is 10.8. The topological polar surface area (TPSA) is 131 Å². The highest BCUT2D eigenvalue weighted by atomic mass is 16.6. The Morgan fingerprint density at radius 2 is 1.70 bits per heavy atom. The van der Waals surface area contributed by atoms with E-state index in [4.69, 9.17) is 14.6 Å². The first-order valence-corrected chi connectivity index (χ1v) is 10.8. The van der Waals surface area contributed by atoms with Crippen LogP contribution in [0.5, 0.6) is 0 Å². The number of nitrogens with one attached hydrogen (secondary N) is 1. The number of hydrazine groups is 1. The maximum Gasteiger partial charge on any atom is 0.331 e. The molecule has 1 atom stereocenters. The van der Waals surface area contributed by atoms with Crippen molar-refractivity contribution in [2.24, 2.45) is 5.92 Å². The number of nitrogens with zero attached hydrogens (tertiary/aromatic N) is 1. The number of hydrogen-bond acceptors (Lipinski definition) is 7. The number of unbranched alkanes of at least 4 members (excludes halogenated alkanes) is 1. The molecule has 1 unspecified atom stereocenters. The lowest BCUT2D eigenvalue weighted by Gasteiger charge is -2.14. The summed E-state index contributed by atoms with van der Waals surface area (Å²) >= 11 is 0. The van der Waals surface area contributed by atoms with Gasteiger partial charge in [0, 0.05) is 18.8 Å². The standard InChI is InChI=1S/C13H16N2O2.C10H16O6/c1-2-3-9-11-12(16)14-15(13(11)17)10-7-5-4-6-8-10;1-2-14-5-6-15-7-8-16-10(13)4-3-9(11)12/h4-8,11H,2-3,9H2,1H3,(H,14,16);3-4H,2,5-8H2,1H3,(H,11,12)/b;4-3+. The molecule has 2 N–H and O–H groups in total. The molecule has 1 heterocycles. The molecule has 33 heavy (non-hydrogen) atoms. The lowest BCUT2D eigenvalue weighted by atomic mass is 10.0. The van der Waals surface area contributed by atoms with Crippen LogP contribution in [0.3, 0.4) is 0 Å². The number of carboxylic acids is 1. The first-order chi connectivity index (χ1) is 15.9. The van der Waals surface area contributed by atoms with E-state index in [1.165, 1.54) is 5.01 Å². The van der Waals surface area contributed by atoms with Crippen molar-refractivity contribution >= 4 is 29.4 Å². The third kappa shape index (κ3) is 11.3. The van der Waals surface area contributed by atoms with Crippen LogP contribution >= 0.6 is 0 Å². The summed E-state index contributed by atoms with van der Waals surface area (Å²) in [6.07, 6.45) is 4.08. The predicted octanol–water partition coefficient (Wildman–Crippen LogP) is 2.09. The Bertz CT molecular complexity index is 782. The molecule has 1 aliphatic rings. The number of rotatable bonds is 13. The summed E-state index contributed by atoms with van der Waals surface area (Å²) < 4.78 is 14.7. The number of amides is 2. The molecular formula is C23H32N2O8. The fraction of sp³-hybridized carbons (Fsp3) is 0.478. The van der Waals surface area contributed by atoms with Gasteiger partial charge in [-0.25, -0.2) is 14.6 Å². The zero-order valence-corrected chi connectivity index (χ0v) is 19.0. The van der Waals surface area contributed by atoms with Gasteiger partial charge < -0.3 is 19.3 Å². The third-order valence-electron chi connectivity index (χ3n) is 4.33. The van der Waals surface area contributed by atoms with Crippen LogP contribution in [0, 0.1) is 5.92 Å². The van der Waals surface area contributed by atoms with E-state index in [0.29, 0.717) is 31.9 Å². The summed E-state index contributed by atoms with van der Waals surface area (Å²) in [6, 6.07) is 9.17. The average molecular weight is 465 g/mol. The summed E-state index contributed by atoms with van der Waals surface area (Å²) in [7, 11) is 0. The SMILES string of the molecule is CCCCC1C(=O)NN(c2ccccc2)C1=O.CCOCCOCCOC(=O)/C=C/C(=O)O. The number of para-hydroxylation sites is 1. The van der Waals surface area contributed by atoms with Gasteiger partial charge in [0.05, 0.1) is 25.5 Å². The summed E-state index contributed by atoms with van der Waals surface area (Å²) in [5, 5.41) is 9.57. The van der Waals surface area contributed by atoms with Gasteiger partial charge in [-0.05, 0) is 25.5 Å². The van der Waals surface area contributed by atoms with E-state index in [2.05, 4.69) is 10.2 Å². The Hall–Kier alpha value is -3.24. The highest BCUT2D eigenvalue weighted by Gasteiger charge is 2.39. The molecule has 2 rings (SSSR count). The Balaban J connectivity index is 0.000000331. The summed E-state index contributed by atoms with van der Waals surface area (Å²) in [5.41, 5.74) is 3.34. The van der Waals surface area contributed by atoms with Crippen LogP contribution in [0.15, 0.2) is 42.5 Å². The molecule has 0 radical (unpaired) electrons. The van der Waals surface area contributed by atoms with Crippen LogP contribution < -0.4 is 10.4 Å². The zero-order valence-electron chi connectivity index (χ0n) is 19.0. The van der Waals surface area contributed by atoms with E-state index < -0.39 is 17.9 Å². The van der Waals surface area contributed by atoms with Gasteiger partial charge in [0.25, 0.3) is 11.8 Å². The molecular weight excluding hydrogens is 432 g/mol. The summed E-state index contributed by atoms with van der Waals surface area (Å²) in [4.78, 5) is 44.6. The van der Waals surface area contributed by atoms with Crippen molar-refractivity contribution in [2.45, 2.75) is 33.1 Å². The van der Waals surface area contributed by atoms with Crippen molar-refractivity contribution in [3.63, 3.8) is 0 Å². The van der Waals surface area contributed by atoms with Crippen molar-refractivity contribution in [3.05, 3.63) is 42.5 Å². The lowest BCUT2D eigenvalue weighted by molar-refractivity contribution is -0.140. The monoisotopic (exact) mass is 464 g/mol. The highest BCUT2D eigenvalue weighted by Crippen LogP contribution is 2.22. The third-order valence-corrected chi connectivity index (χ3v) is 4.33. The minimum Gasteiger partial charge on any atom is -0.478 e. The zero-order chi connectivity index (χ0) is 24.5. The van der Waals surface area contributed by atoms with E-state index >= 15 is 0 Å². The van der Waals surface area contributed by atoms with Crippen molar-refractivity contribution in [3.8, 4) is 0 Å². The van der Waals surface area contributed by atoms with E-state index in [0.717, 1.165) is 25.0 Å². The molecule has 0 bridgehead atoms. The quantitative estimate of drug-likeness (QED) is 0.196. The minimum absolute atomic E-state index is 0.0922. The number of benzene rings is 1. The lowest BCUT2D eigenvalue weighted by Crippen LogP contribution is -2.35. The molecule has 1 aromatic rings. The number of carbonyl (C=O) groups is 4. The predicted molar refractivity (Wildman–Crippen MR) is 120 cm³/mol. The number of aliphatic carboxylic acids is 1. The van der Waals surface area contributed by atoms with Crippen LogP contribution in [0.2, 0.25) is 0 Å². The van der Waals surface area contributed by atoms with Gasteiger partial charge in [0.2, 0.25) is 0 Å². The summed E-state index contributed by atoms with van der Waals surface area (Å²) in [6.45, 7) is 5.87. The fourth-order valence-electron chi connectivity index (χ4n) is 2.70. The minimum atomic E-state index is -1.19. The van der Waals surface area contributed by atoms with Crippen LogP contribution in [0.25, 0.3) is 0 Å². The van der Waals surface area contributed by atoms with Gasteiger partial charge in [-0.15, -0.1) is 0 Å². The van der Waals surface area contributed by atoms with E-state index in [1.54, 1.807) is 12.1 Å². The molecule has 1 saturated heterocycles. The van der Waals surface area contributed by atoms with E-state index in [1.807, 2.05) is 32.0 Å². The molecule has 1 fully saturated rings. The van der Waals surface area contributed by atoms with Gasteiger partial charge in [-0.2, -0.15) is 0 Å². The Kier molecular flexibility index (Phi) is 13.8. The van der Waals surface area contributed by atoms with Crippen molar-refractivity contribution in [1.82, 2.24) is 5.43 Å².